The zero-order chi connectivity index (χ0) is 11.2. The number of aromatic nitrogens is 2. The maximum atomic E-state index is 9.02. The molecule has 16 heavy (non-hydrogen) atoms. The van der Waals surface area contributed by atoms with Crippen LogP contribution in [0.1, 0.15) is 31.5 Å². The molecule has 1 heterocycles. The molecule has 0 aliphatic heterocycles. The Labute approximate surface area is 94.8 Å². The molecule has 2 atom stereocenters. The van der Waals surface area contributed by atoms with E-state index in [4.69, 9.17) is 5.26 Å². The highest BCUT2D eigenvalue weighted by Crippen LogP contribution is 2.23. The normalized spacial score (nSPS) is 25.2. The summed E-state index contributed by atoms with van der Waals surface area (Å²) in [6.07, 6.45) is 6.62. The van der Waals surface area contributed by atoms with Gasteiger partial charge in [-0.3, -0.25) is 0 Å². The Bertz CT molecular complexity index is 343. The third-order valence-corrected chi connectivity index (χ3v) is 3.09. The molecule has 1 aliphatic rings. The number of nitriles is 1. The molecule has 1 aromatic rings. The van der Waals surface area contributed by atoms with Gasteiger partial charge in [0.15, 0.2) is 5.82 Å². The van der Waals surface area contributed by atoms with Gasteiger partial charge < -0.3 is 9.84 Å². The molecule has 0 aromatic carbocycles. The average molecular weight is 220 g/mol. The minimum atomic E-state index is 0.166. The van der Waals surface area contributed by atoms with E-state index in [-0.39, 0.29) is 5.92 Å². The summed E-state index contributed by atoms with van der Waals surface area (Å²) in [4.78, 5) is 3.96. The van der Waals surface area contributed by atoms with E-state index in [1.165, 1.54) is 19.2 Å². The number of nitrogens with zero attached hydrogens (tertiary/aromatic N) is 3. The predicted molar refractivity (Wildman–Crippen MR) is 57.4 cm³/mol. The highest BCUT2D eigenvalue weighted by atomic mass is 16.5. The van der Waals surface area contributed by atoms with Crippen LogP contribution in [-0.2, 0) is 6.42 Å². The Morgan fingerprint density at radius 1 is 1.50 bits per heavy atom. The molecule has 1 aliphatic carbocycles. The van der Waals surface area contributed by atoms with Gasteiger partial charge in [-0.2, -0.15) is 10.2 Å². The topological polar surface area (TPSA) is 74.7 Å². The van der Waals surface area contributed by atoms with E-state index >= 15 is 0 Å². The van der Waals surface area contributed by atoms with E-state index in [1.807, 2.05) is 0 Å². The lowest BCUT2D eigenvalue weighted by Crippen LogP contribution is -2.39. The first-order chi connectivity index (χ1) is 7.90. The molecule has 0 radical (unpaired) electrons. The summed E-state index contributed by atoms with van der Waals surface area (Å²) in [7, 11) is 0. The SMILES string of the molecule is N#CC1CCCCC1NCCc1ncon1. The number of rotatable bonds is 4. The summed E-state index contributed by atoms with van der Waals surface area (Å²) >= 11 is 0. The lowest BCUT2D eigenvalue weighted by Gasteiger charge is -2.27. The molecule has 86 valence electrons. The fourth-order valence-corrected chi connectivity index (χ4v) is 2.20. The molecule has 0 bridgehead atoms. The fourth-order valence-electron chi connectivity index (χ4n) is 2.20. The van der Waals surface area contributed by atoms with Crippen LogP contribution in [0.5, 0.6) is 0 Å². The van der Waals surface area contributed by atoms with Crippen molar-refractivity contribution >= 4 is 0 Å². The van der Waals surface area contributed by atoms with Crippen molar-refractivity contribution in [2.45, 2.75) is 38.1 Å². The Balaban J connectivity index is 1.74. The molecule has 2 unspecified atom stereocenters. The predicted octanol–water partition coefficient (Wildman–Crippen LogP) is 1.28. The summed E-state index contributed by atoms with van der Waals surface area (Å²) in [5.74, 6) is 0.885. The highest BCUT2D eigenvalue weighted by molar-refractivity contribution is 4.95. The molecule has 1 fully saturated rings. The van der Waals surface area contributed by atoms with Crippen LogP contribution in [-0.4, -0.2) is 22.7 Å². The second-order valence-electron chi connectivity index (χ2n) is 4.18. The first-order valence-corrected chi connectivity index (χ1v) is 5.78. The maximum Gasteiger partial charge on any atom is 0.213 e. The van der Waals surface area contributed by atoms with Gasteiger partial charge in [-0.05, 0) is 12.8 Å². The van der Waals surface area contributed by atoms with Crippen LogP contribution in [0.4, 0.5) is 0 Å². The molecule has 0 spiro atoms. The van der Waals surface area contributed by atoms with Gasteiger partial charge in [0, 0.05) is 19.0 Å². The molecule has 5 heteroatoms. The van der Waals surface area contributed by atoms with Crippen LogP contribution in [0.3, 0.4) is 0 Å². The first-order valence-electron chi connectivity index (χ1n) is 5.78. The molecule has 5 nitrogen and oxygen atoms in total. The van der Waals surface area contributed by atoms with Crippen molar-refractivity contribution in [3.8, 4) is 6.07 Å². The molecular formula is C11H16N4O. The van der Waals surface area contributed by atoms with E-state index in [0.29, 0.717) is 6.04 Å². The van der Waals surface area contributed by atoms with Crippen LogP contribution >= 0.6 is 0 Å². The van der Waals surface area contributed by atoms with Gasteiger partial charge in [-0.1, -0.05) is 18.0 Å². The molecule has 1 N–H and O–H groups in total. The maximum absolute atomic E-state index is 9.02. The fraction of sp³-hybridized carbons (Fsp3) is 0.727. The third-order valence-electron chi connectivity index (χ3n) is 3.09. The lowest BCUT2D eigenvalue weighted by atomic mass is 9.85. The van der Waals surface area contributed by atoms with Crippen LogP contribution < -0.4 is 5.32 Å². The van der Waals surface area contributed by atoms with Crippen LogP contribution in [0.2, 0.25) is 0 Å². The zero-order valence-electron chi connectivity index (χ0n) is 9.22. The Kier molecular flexibility index (Phi) is 3.89. The minimum Gasteiger partial charge on any atom is -0.343 e. The van der Waals surface area contributed by atoms with Gasteiger partial charge in [0.25, 0.3) is 0 Å². The molecule has 1 saturated carbocycles. The Hall–Kier alpha value is -1.41. The molecule has 0 amide bonds. The Morgan fingerprint density at radius 3 is 3.12 bits per heavy atom. The molecule has 1 aromatic heterocycles. The van der Waals surface area contributed by atoms with Crippen LogP contribution in [0, 0.1) is 17.2 Å². The van der Waals surface area contributed by atoms with Gasteiger partial charge in [-0.15, -0.1) is 0 Å². The van der Waals surface area contributed by atoms with Crippen molar-refractivity contribution in [1.29, 1.82) is 5.26 Å². The second kappa shape index (κ2) is 5.61. The average Bonchev–Trinajstić information content (AvgIpc) is 2.83. The van der Waals surface area contributed by atoms with E-state index in [1.54, 1.807) is 0 Å². The number of hydrogen-bond acceptors (Lipinski definition) is 5. The van der Waals surface area contributed by atoms with E-state index in [2.05, 4.69) is 26.0 Å². The lowest BCUT2D eigenvalue weighted by molar-refractivity contribution is 0.313. The van der Waals surface area contributed by atoms with Crippen molar-refractivity contribution in [1.82, 2.24) is 15.5 Å². The zero-order valence-corrected chi connectivity index (χ0v) is 9.22. The van der Waals surface area contributed by atoms with Crippen molar-refractivity contribution in [2.75, 3.05) is 6.54 Å². The smallest absolute Gasteiger partial charge is 0.213 e. The summed E-state index contributed by atoms with van der Waals surface area (Å²) in [6.45, 7) is 0.808. The van der Waals surface area contributed by atoms with Crippen molar-refractivity contribution in [3.63, 3.8) is 0 Å². The van der Waals surface area contributed by atoms with Crippen LogP contribution in [0.15, 0.2) is 10.9 Å². The molecule has 2 rings (SSSR count). The molecule has 0 saturated heterocycles. The van der Waals surface area contributed by atoms with Gasteiger partial charge in [-0.25, -0.2) is 0 Å². The monoisotopic (exact) mass is 220 g/mol. The summed E-state index contributed by atoms with van der Waals surface area (Å²) in [6, 6.07) is 2.72. The Morgan fingerprint density at radius 2 is 2.38 bits per heavy atom. The summed E-state index contributed by atoms with van der Waals surface area (Å²) in [5, 5.41) is 16.2. The van der Waals surface area contributed by atoms with Gasteiger partial charge in [0.2, 0.25) is 6.39 Å². The summed E-state index contributed by atoms with van der Waals surface area (Å²) < 4.78 is 4.66. The minimum absolute atomic E-state index is 0.166. The first kappa shape index (κ1) is 11.1. The quantitative estimate of drug-likeness (QED) is 0.827. The standard InChI is InChI=1S/C11H16N4O/c12-7-9-3-1-2-4-10(9)13-6-5-11-14-8-16-15-11/h8-10,13H,1-6H2. The van der Waals surface area contributed by atoms with E-state index in [0.717, 1.165) is 31.6 Å². The second-order valence-corrected chi connectivity index (χ2v) is 4.18. The molecular weight excluding hydrogens is 204 g/mol. The van der Waals surface area contributed by atoms with Gasteiger partial charge >= 0.3 is 0 Å². The van der Waals surface area contributed by atoms with E-state index in [9.17, 15) is 0 Å². The largest absolute Gasteiger partial charge is 0.343 e. The van der Waals surface area contributed by atoms with Crippen molar-refractivity contribution in [2.24, 2.45) is 5.92 Å². The van der Waals surface area contributed by atoms with Crippen LogP contribution in [0.25, 0.3) is 0 Å². The highest BCUT2D eigenvalue weighted by Gasteiger charge is 2.23. The summed E-state index contributed by atoms with van der Waals surface area (Å²) in [5.41, 5.74) is 0. The third kappa shape index (κ3) is 2.80. The van der Waals surface area contributed by atoms with Crippen molar-refractivity contribution < 1.29 is 4.52 Å². The number of nitrogens with one attached hydrogen (secondary N) is 1. The van der Waals surface area contributed by atoms with Gasteiger partial charge in [0.1, 0.15) is 0 Å². The van der Waals surface area contributed by atoms with E-state index < -0.39 is 0 Å². The van der Waals surface area contributed by atoms with Crippen molar-refractivity contribution in [3.05, 3.63) is 12.2 Å². The van der Waals surface area contributed by atoms with Gasteiger partial charge in [0.05, 0.1) is 12.0 Å². The number of hydrogen-bond donors (Lipinski definition) is 1.